The maximum absolute atomic E-state index is 14.3. The minimum Gasteiger partial charge on any atom is -0.448 e. The smallest absolute Gasteiger partial charge is 0.318 e. The molecule has 0 unspecified atom stereocenters. The van der Waals surface area contributed by atoms with Crippen molar-refractivity contribution in [2.24, 2.45) is 10.8 Å². The highest BCUT2D eigenvalue weighted by Gasteiger charge is 2.50. The molecule has 0 amide bonds. The maximum Gasteiger partial charge on any atom is 0.318 e. The summed E-state index contributed by atoms with van der Waals surface area (Å²) in [6.07, 6.45) is 1.59. The summed E-state index contributed by atoms with van der Waals surface area (Å²) in [5.41, 5.74) is 1.94. The van der Waals surface area contributed by atoms with Gasteiger partial charge in [0.05, 0.1) is 20.9 Å². The lowest BCUT2D eigenvalue weighted by Gasteiger charge is -2.49. The minimum atomic E-state index is -0.919. The van der Waals surface area contributed by atoms with E-state index < -0.39 is 27.1 Å². The van der Waals surface area contributed by atoms with Crippen LogP contribution in [0.2, 0.25) is 10.0 Å². The second kappa shape index (κ2) is 12.2. The average Bonchev–Trinajstić information content (AvgIpc) is 2.98. The van der Waals surface area contributed by atoms with Gasteiger partial charge in [-0.25, -0.2) is 0 Å². The van der Waals surface area contributed by atoms with E-state index in [-0.39, 0.29) is 56.8 Å². The van der Waals surface area contributed by atoms with Gasteiger partial charge < -0.3 is 9.64 Å². The predicted octanol–water partition coefficient (Wildman–Crippen LogP) is 9.49. The molecule has 0 fully saturated rings. The number of non-ortho nitro benzene ring substituents is 1. The van der Waals surface area contributed by atoms with Gasteiger partial charge in [-0.15, -0.1) is 0 Å². The molecule has 1 aliphatic heterocycles. The Balaban J connectivity index is 1.62. The number of Topliss-reactive ketones (excluding diaryl/α,β-unsaturated/α-hetero) is 2. The summed E-state index contributed by atoms with van der Waals surface area (Å²) in [5, 5.41) is 23.6. The van der Waals surface area contributed by atoms with Crippen LogP contribution >= 0.6 is 23.2 Å². The summed E-state index contributed by atoms with van der Waals surface area (Å²) in [4.78, 5) is 52.7. The summed E-state index contributed by atoms with van der Waals surface area (Å²) >= 11 is 13.4. The number of carbonyl (C=O) groups is 2. The molecule has 0 saturated heterocycles. The third-order valence-corrected chi connectivity index (χ3v) is 9.61. The van der Waals surface area contributed by atoms with E-state index in [2.05, 4.69) is 4.90 Å². The lowest BCUT2D eigenvalue weighted by molar-refractivity contribution is -0.394. The number of halogens is 2. The summed E-state index contributed by atoms with van der Waals surface area (Å²) in [5.74, 6) is -1.51. The standard InChI is InChI=1S/C36H33Cl2N3O7/c1-35(2)15-26-32(28(42)17-35)31(33-27(16-36(3,4)18-29(33)43)39(26)19-20-8-6-5-7-9-20)23-12-21(37)13-24(38)34(23)48-30-11-10-22(40(44)45)14-25(30)41(46)47/h5-14,31H,15-19H2,1-4H3. The van der Waals surface area contributed by atoms with Crippen molar-refractivity contribution in [2.45, 2.75) is 65.8 Å². The number of rotatable bonds is 7. The molecule has 48 heavy (non-hydrogen) atoms. The highest BCUT2D eigenvalue weighted by molar-refractivity contribution is 6.35. The van der Waals surface area contributed by atoms with Crippen molar-refractivity contribution in [1.29, 1.82) is 0 Å². The van der Waals surface area contributed by atoms with Crippen LogP contribution in [0.5, 0.6) is 11.5 Å². The Kier molecular flexibility index (Phi) is 8.46. The Bertz CT molecular complexity index is 1910. The number of allylic oxidation sites excluding steroid dienone is 4. The van der Waals surface area contributed by atoms with Gasteiger partial charge in [0.1, 0.15) is 0 Å². The highest BCUT2D eigenvalue weighted by Crippen LogP contribution is 2.57. The second-order valence-electron chi connectivity index (χ2n) is 14.2. The molecule has 3 aromatic carbocycles. The molecular weight excluding hydrogens is 657 g/mol. The van der Waals surface area contributed by atoms with Gasteiger partial charge in [0.2, 0.25) is 5.75 Å². The lowest BCUT2D eigenvalue weighted by atomic mass is 9.63. The molecule has 12 heteroatoms. The summed E-state index contributed by atoms with van der Waals surface area (Å²) in [6.45, 7) is 8.63. The number of nitro groups is 2. The van der Waals surface area contributed by atoms with Gasteiger partial charge >= 0.3 is 5.69 Å². The second-order valence-corrected chi connectivity index (χ2v) is 15.0. The Hall–Kier alpha value is -4.54. The third kappa shape index (κ3) is 6.22. The number of nitro benzene ring substituents is 2. The van der Waals surface area contributed by atoms with Crippen LogP contribution in [0.25, 0.3) is 0 Å². The number of carbonyl (C=O) groups excluding carboxylic acids is 2. The molecule has 0 radical (unpaired) electrons. The first-order valence-corrected chi connectivity index (χ1v) is 16.2. The average molecular weight is 691 g/mol. The zero-order valence-electron chi connectivity index (χ0n) is 26.8. The fourth-order valence-corrected chi connectivity index (χ4v) is 7.72. The van der Waals surface area contributed by atoms with E-state index >= 15 is 0 Å². The summed E-state index contributed by atoms with van der Waals surface area (Å²) < 4.78 is 6.17. The van der Waals surface area contributed by atoms with E-state index in [1.54, 1.807) is 6.07 Å². The van der Waals surface area contributed by atoms with Gasteiger partial charge in [-0.2, -0.15) is 0 Å². The number of benzene rings is 3. The molecule has 3 aromatic rings. The lowest BCUT2D eigenvalue weighted by Crippen LogP contribution is -2.44. The zero-order chi connectivity index (χ0) is 34.7. The number of hydrogen-bond donors (Lipinski definition) is 0. The van der Waals surface area contributed by atoms with Gasteiger partial charge in [0, 0.05) is 64.5 Å². The van der Waals surface area contributed by atoms with Crippen molar-refractivity contribution < 1.29 is 24.2 Å². The normalized spacial score (nSPS) is 18.8. The van der Waals surface area contributed by atoms with Gasteiger partial charge in [-0.05, 0) is 47.4 Å². The molecule has 0 aromatic heterocycles. The van der Waals surface area contributed by atoms with Gasteiger partial charge in [-0.3, -0.25) is 29.8 Å². The topological polar surface area (TPSA) is 133 Å². The maximum atomic E-state index is 14.3. The molecule has 2 aliphatic carbocycles. The molecule has 0 saturated carbocycles. The van der Waals surface area contributed by atoms with E-state index in [0.29, 0.717) is 36.1 Å². The Morgan fingerprint density at radius 2 is 1.40 bits per heavy atom. The zero-order valence-corrected chi connectivity index (χ0v) is 28.4. The first-order valence-electron chi connectivity index (χ1n) is 15.5. The van der Waals surface area contributed by atoms with Crippen molar-refractivity contribution in [3.8, 4) is 11.5 Å². The van der Waals surface area contributed by atoms with Crippen molar-refractivity contribution in [2.75, 3.05) is 0 Å². The van der Waals surface area contributed by atoms with Crippen LogP contribution < -0.4 is 4.74 Å². The Morgan fingerprint density at radius 1 is 0.812 bits per heavy atom. The largest absolute Gasteiger partial charge is 0.448 e. The van der Waals surface area contributed by atoms with Crippen LogP contribution in [0.3, 0.4) is 0 Å². The molecule has 0 bridgehead atoms. The molecule has 0 atom stereocenters. The van der Waals surface area contributed by atoms with Crippen LogP contribution in [-0.2, 0) is 16.1 Å². The van der Waals surface area contributed by atoms with Crippen molar-refractivity contribution >= 4 is 46.1 Å². The summed E-state index contributed by atoms with van der Waals surface area (Å²) in [6, 6.07) is 15.9. The molecule has 1 heterocycles. The first-order chi connectivity index (χ1) is 22.5. The SMILES string of the molecule is CC1(C)CC(=O)C2=C(C1)N(Cc1ccccc1)C1=C(C(=O)CC(C)(C)C1)C2c1cc(Cl)cc(Cl)c1Oc1ccc([N+](=O)[O-])cc1[N+](=O)[O-]. The third-order valence-electron chi connectivity index (χ3n) is 9.12. The fourth-order valence-electron chi connectivity index (χ4n) is 7.18. The molecule has 6 rings (SSSR count). The van der Waals surface area contributed by atoms with Crippen molar-refractivity contribution in [3.05, 3.63) is 125 Å². The van der Waals surface area contributed by atoms with E-state index in [9.17, 15) is 29.8 Å². The van der Waals surface area contributed by atoms with E-state index in [1.807, 2.05) is 58.0 Å². The van der Waals surface area contributed by atoms with E-state index in [1.165, 1.54) is 6.07 Å². The van der Waals surface area contributed by atoms with Gasteiger partial charge in [0.25, 0.3) is 5.69 Å². The Morgan fingerprint density at radius 3 is 1.94 bits per heavy atom. The minimum absolute atomic E-state index is 0.00616. The molecule has 10 nitrogen and oxygen atoms in total. The van der Waals surface area contributed by atoms with Crippen LogP contribution in [0.4, 0.5) is 11.4 Å². The quantitative estimate of drug-likeness (QED) is 0.177. The molecule has 3 aliphatic rings. The number of nitrogens with zero attached hydrogens (tertiary/aromatic N) is 3. The van der Waals surface area contributed by atoms with Crippen molar-refractivity contribution in [3.63, 3.8) is 0 Å². The number of ketones is 2. The van der Waals surface area contributed by atoms with Gasteiger partial charge in [0.15, 0.2) is 17.3 Å². The first kappa shape index (κ1) is 33.4. The molecule has 0 N–H and O–H groups in total. The number of ether oxygens (including phenoxy) is 1. The monoisotopic (exact) mass is 689 g/mol. The van der Waals surface area contributed by atoms with E-state index in [4.69, 9.17) is 27.9 Å². The molecule has 248 valence electrons. The molecule has 0 spiro atoms. The van der Waals surface area contributed by atoms with Crippen LogP contribution in [0.15, 0.2) is 83.2 Å². The fraction of sp³-hybridized carbons (Fsp3) is 0.333. The van der Waals surface area contributed by atoms with E-state index in [0.717, 1.165) is 35.2 Å². The molecular formula is C36H33Cl2N3O7. The van der Waals surface area contributed by atoms with Crippen LogP contribution in [-0.4, -0.2) is 26.3 Å². The van der Waals surface area contributed by atoms with Gasteiger partial charge in [-0.1, -0.05) is 81.2 Å². The highest BCUT2D eigenvalue weighted by atomic mass is 35.5. The van der Waals surface area contributed by atoms with Crippen LogP contribution in [0.1, 0.15) is 70.4 Å². The number of hydrogen-bond acceptors (Lipinski definition) is 8. The Labute approximate surface area is 287 Å². The van der Waals surface area contributed by atoms with Crippen molar-refractivity contribution in [1.82, 2.24) is 4.90 Å². The summed E-state index contributed by atoms with van der Waals surface area (Å²) in [7, 11) is 0. The predicted molar refractivity (Wildman–Crippen MR) is 181 cm³/mol. The van der Waals surface area contributed by atoms with Crippen LogP contribution in [0, 0.1) is 31.1 Å².